The zero-order valence-corrected chi connectivity index (χ0v) is 21.8. The average molecular weight is 505 g/mol. The molecule has 1 aliphatic heterocycles. The van der Waals surface area contributed by atoms with Crippen LogP contribution in [-0.2, 0) is 16.6 Å². The van der Waals surface area contributed by atoms with Crippen molar-refractivity contribution in [1.29, 1.82) is 0 Å². The minimum Gasteiger partial charge on any atom is -0.295 e. The monoisotopic (exact) mass is 504 g/mol. The number of rotatable bonds is 6. The molecule has 0 spiro atoms. The Labute approximate surface area is 212 Å². The van der Waals surface area contributed by atoms with Gasteiger partial charge in [0, 0.05) is 37.6 Å². The third-order valence-electron chi connectivity index (χ3n) is 7.27. The zero-order chi connectivity index (χ0) is 25.4. The van der Waals surface area contributed by atoms with Crippen LogP contribution in [-0.4, -0.2) is 52.9 Å². The molecule has 3 aromatic carbocycles. The summed E-state index contributed by atoms with van der Waals surface area (Å²) in [7, 11) is -3.67. The molecule has 2 heterocycles. The lowest BCUT2D eigenvalue weighted by molar-refractivity contribution is 0.0934. The highest BCUT2D eigenvalue weighted by molar-refractivity contribution is 7.89. The minimum absolute atomic E-state index is 0.0261. The van der Waals surface area contributed by atoms with Crippen molar-refractivity contribution in [1.82, 2.24) is 18.8 Å². The van der Waals surface area contributed by atoms with E-state index in [2.05, 4.69) is 11.8 Å². The fourth-order valence-corrected chi connectivity index (χ4v) is 7.33. The van der Waals surface area contributed by atoms with Gasteiger partial charge in [-0.3, -0.25) is 14.3 Å². The van der Waals surface area contributed by atoms with Gasteiger partial charge in [0.1, 0.15) is 5.82 Å². The lowest BCUT2D eigenvalue weighted by Crippen LogP contribution is -2.55. The molecule has 7 nitrogen and oxygen atoms in total. The molecule has 0 radical (unpaired) electrons. The third kappa shape index (κ3) is 4.13. The Balaban J connectivity index is 1.46. The van der Waals surface area contributed by atoms with Gasteiger partial charge in [0.15, 0.2) is 0 Å². The SMILES string of the molecule is CCC(c1nc2ccccc2c(=O)n1CC)N1CCN(S(=O)(=O)c2cccc3ccccc23)C(C)C1. The Morgan fingerprint density at radius 1 is 0.944 bits per heavy atom. The molecule has 0 amide bonds. The summed E-state index contributed by atoms with van der Waals surface area (Å²) in [5.74, 6) is 0.751. The van der Waals surface area contributed by atoms with Crippen LogP contribution >= 0.6 is 0 Å². The molecule has 4 aromatic rings. The Morgan fingerprint density at radius 2 is 1.64 bits per heavy atom. The molecule has 0 aliphatic carbocycles. The lowest BCUT2D eigenvalue weighted by Gasteiger charge is -2.42. The van der Waals surface area contributed by atoms with Crippen LogP contribution in [0.4, 0.5) is 0 Å². The molecular formula is C28H32N4O3S. The Morgan fingerprint density at radius 3 is 2.36 bits per heavy atom. The maximum absolute atomic E-state index is 13.8. The molecule has 1 fully saturated rings. The molecule has 0 saturated carbocycles. The largest absolute Gasteiger partial charge is 0.295 e. The van der Waals surface area contributed by atoms with Crippen molar-refractivity contribution in [2.75, 3.05) is 19.6 Å². The summed E-state index contributed by atoms with van der Waals surface area (Å²) >= 11 is 0. The first-order valence-electron chi connectivity index (χ1n) is 12.6. The summed E-state index contributed by atoms with van der Waals surface area (Å²) < 4.78 is 30.9. The van der Waals surface area contributed by atoms with Gasteiger partial charge in [0.2, 0.25) is 10.0 Å². The molecule has 1 saturated heterocycles. The summed E-state index contributed by atoms with van der Waals surface area (Å²) in [4.78, 5) is 20.8. The van der Waals surface area contributed by atoms with Crippen molar-refractivity contribution in [2.45, 2.75) is 50.7 Å². The van der Waals surface area contributed by atoms with Crippen LogP contribution in [0, 0.1) is 0 Å². The molecule has 2 unspecified atom stereocenters. The average Bonchev–Trinajstić information content (AvgIpc) is 2.89. The molecule has 0 N–H and O–H groups in total. The van der Waals surface area contributed by atoms with Crippen LogP contribution in [0.2, 0.25) is 0 Å². The zero-order valence-electron chi connectivity index (χ0n) is 21.0. The van der Waals surface area contributed by atoms with Gasteiger partial charge in [-0.1, -0.05) is 55.5 Å². The number of aromatic nitrogens is 2. The van der Waals surface area contributed by atoms with Gasteiger partial charge in [-0.2, -0.15) is 4.31 Å². The van der Waals surface area contributed by atoms with E-state index in [1.54, 1.807) is 21.0 Å². The number of nitrogens with zero attached hydrogens (tertiary/aromatic N) is 4. The van der Waals surface area contributed by atoms with Crippen molar-refractivity contribution in [3.63, 3.8) is 0 Å². The van der Waals surface area contributed by atoms with Gasteiger partial charge in [0.25, 0.3) is 5.56 Å². The number of sulfonamides is 1. The second-order valence-electron chi connectivity index (χ2n) is 9.40. The van der Waals surface area contributed by atoms with Crippen molar-refractivity contribution < 1.29 is 8.42 Å². The highest BCUT2D eigenvalue weighted by Gasteiger charge is 2.37. The van der Waals surface area contributed by atoms with Gasteiger partial charge < -0.3 is 0 Å². The van der Waals surface area contributed by atoms with Crippen LogP contribution in [0.25, 0.3) is 21.7 Å². The summed E-state index contributed by atoms with van der Waals surface area (Å²) in [5, 5.41) is 2.28. The summed E-state index contributed by atoms with van der Waals surface area (Å²) in [6.45, 7) is 8.07. The molecule has 188 valence electrons. The van der Waals surface area contributed by atoms with E-state index in [4.69, 9.17) is 4.98 Å². The van der Waals surface area contributed by atoms with Crippen molar-refractivity contribution >= 4 is 31.7 Å². The fraction of sp³-hybridized carbons (Fsp3) is 0.357. The topological polar surface area (TPSA) is 75.5 Å². The van der Waals surface area contributed by atoms with Crippen molar-refractivity contribution in [2.24, 2.45) is 0 Å². The van der Waals surface area contributed by atoms with Crippen LogP contribution < -0.4 is 5.56 Å². The number of hydrogen-bond donors (Lipinski definition) is 0. The van der Waals surface area contributed by atoms with E-state index in [1.807, 2.05) is 68.4 Å². The van der Waals surface area contributed by atoms with Crippen LogP contribution in [0.15, 0.2) is 76.4 Å². The molecule has 1 aromatic heterocycles. The maximum atomic E-state index is 13.8. The van der Waals surface area contributed by atoms with E-state index >= 15 is 0 Å². The van der Waals surface area contributed by atoms with Gasteiger partial charge in [0.05, 0.1) is 21.8 Å². The molecule has 0 bridgehead atoms. The lowest BCUT2D eigenvalue weighted by atomic mass is 10.1. The van der Waals surface area contributed by atoms with Gasteiger partial charge in [-0.15, -0.1) is 0 Å². The fourth-order valence-electron chi connectivity index (χ4n) is 5.51. The van der Waals surface area contributed by atoms with Crippen molar-refractivity contribution in [3.05, 3.63) is 82.9 Å². The Hall–Kier alpha value is -3.07. The molecule has 5 rings (SSSR count). The minimum atomic E-state index is -3.67. The third-order valence-corrected chi connectivity index (χ3v) is 9.34. The van der Waals surface area contributed by atoms with Gasteiger partial charge in [-0.05, 0) is 43.9 Å². The van der Waals surface area contributed by atoms with Crippen LogP contribution in [0.5, 0.6) is 0 Å². The summed E-state index contributed by atoms with van der Waals surface area (Å²) in [6, 6.07) is 20.2. The first kappa shape index (κ1) is 24.6. The first-order valence-corrected chi connectivity index (χ1v) is 14.0. The maximum Gasteiger partial charge on any atom is 0.261 e. The smallest absolute Gasteiger partial charge is 0.261 e. The molecular weight excluding hydrogens is 472 g/mol. The Kier molecular flexibility index (Phi) is 6.68. The number of fused-ring (bicyclic) bond motifs is 2. The van der Waals surface area contributed by atoms with Crippen LogP contribution in [0.3, 0.4) is 0 Å². The van der Waals surface area contributed by atoms with E-state index in [1.165, 1.54) is 0 Å². The summed E-state index contributed by atoms with van der Waals surface area (Å²) in [6.07, 6.45) is 0.771. The standard InChI is InChI=1S/C28H32N4O3S/c1-4-25(27-29-24-15-9-8-14-23(24)28(33)31(27)5-2)30-17-18-32(20(3)19-30)36(34,35)26-16-10-12-21-11-6-7-13-22(21)26/h6-16,20,25H,4-5,17-19H2,1-3H3. The van der Waals surface area contributed by atoms with Crippen molar-refractivity contribution in [3.8, 4) is 0 Å². The quantitative estimate of drug-likeness (QED) is 0.389. The number of hydrogen-bond acceptors (Lipinski definition) is 5. The molecule has 36 heavy (non-hydrogen) atoms. The van der Waals surface area contributed by atoms with E-state index in [0.29, 0.717) is 42.0 Å². The number of piperazine rings is 1. The van der Waals surface area contributed by atoms with Gasteiger partial charge in [-0.25, -0.2) is 13.4 Å². The van der Waals surface area contributed by atoms with E-state index < -0.39 is 10.0 Å². The number of benzene rings is 3. The second kappa shape index (κ2) is 9.76. The normalized spacial score (nSPS) is 18.6. The van der Waals surface area contributed by atoms with E-state index in [0.717, 1.165) is 23.0 Å². The Bertz CT molecular complexity index is 1580. The van der Waals surface area contributed by atoms with E-state index in [-0.39, 0.29) is 17.6 Å². The molecule has 1 aliphatic rings. The highest BCUT2D eigenvalue weighted by Crippen LogP contribution is 2.31. The number of para-hydroxylation sites is 1. The molecule has 8 heteroatoms. The predicted molar refractivity (Wildman–Crippen MR) is 144 cm³/mol. The molecule has 2 atom stereocenters. The van der Waals surface area contributed by atoms with Crippen LogP contribution in [0.1, 0.15) is 39.1 Å². The predicted octanol–water partition coefficient (Wildman–Crippen LogP) is 4.42. The van der Waals surface area contributed by atoms with E-state index in [9.17, 15) is 13.2 Å². The van der Waals surface area contributed by atoms with Gasteiger partial charge >= 0.3 is 0 Å². The first-order chi connectivity index (χ1) is 17.4. The highest BCUT2D eigenvalue weighted by atomic mass is 32.2. The summed E-state index contributed by atoms with van der Waals surface area (Å²) in [5.41, 5.74) is 0.674. The second-order valence-corrected chi connectivity index (χ2v) is 11.3.